The Hall–Kier alpha value is -3.40. The first-order valence-corrected chi connectivity index (χ1v) is 9.07. The lowest BCUT2D eigenvalue weighted by Crippen LogP contribution is -2.28. The van der Waals surface area contributed by atoms with Crippen LogP contribution in [-0.4, -0.2) is 15.9 Å². The fourth-order valence-corrected chi connectivity index (χ4v) is 3.17. The van der Waals surface area contributed by atoms with E-state index in [0.29, 0.717) is 6.42 Å². The van der Waals surface area contributed by atoms with Crippen LogP contribution < -0.4 is 5.32 Å². The SMILES string of the molecule is C[C@@H](NC(=O)Cc1ccc(-c2ccccc2)cc1)c1nc2ccccc2[nH]1. The predicted molar refractivity (Wildman–Crippen MR) is 108 cm³/mol. The van der Waals surface area contributed by atoms with Gasteiger partial charge in [0, 0.05) is 0 Å². The molecule has 0 spiro atoms. The van der Waals surface area contributed by atoms with Gasteiger partial charge >= 0.3 is 0 Å². The second kappa shape index (κ2) is 7.46. The molecule has 1 amide bonds. The number of amides is 1. The van der Waals surface area contributed by atoms with E-state index in [0.717, 1.165) is 28.0 Å². The molecule has 27 heavy (non-hydrogen) atoms. The van der Waals surface area contributed by atoms with Crippen molar-refractivity contribution < 1.29 is 4.79 Å². The summed E-state index contributed by atoms with van der Waals surface area (Å²) >= 11 is 0. The zero-order chi connectivity index (χ0) is 18.6. The van der Waals surface area contributed by atoms with E-state index in [9.17, 15) is 4.79 Å². The number of hydrogen-bond acceptors (Lipinski definition) is 2. The maximum Gasteiger partial charge on any atom is 0.224 e. The summed E-state index contributed by atoms with van der Waals surface area (Å²) in [6, 6.07) is 26.0. The highest BCUT2D eigenvalue weighted by Gasteiger charge is 2.14. The van der Waals surface area contributed by atoms with Gasteiger partial charge in [0.15, 0.2) is 0 Å². The van der Waals surface area contributed by atoms with Gasteiger partial charge in [-0.3, -0.25) is 4.79 Å². The lowest BCUT2D eigenvalue weighted by molar-refractivity contribution is -0.121. The van der Waals surface area contributed by atoms with Crippen molar-refractivity contribution in [1.29, 1.82) is 0 Å². The Labute approximate surface area is 158 Å². The zero-order valence-electron chi connectivity index (χ0n) is 15.1. The molecule has 1 heterocycles. The summed E-state index contributed by atoms with van der Waals surface area (Å²) in [5.74, 6) is 0.749. The van der Waals surface area contributed by atoms with Gasteiger partial charge in [0.05, 0.1) is 23.5 Å². The van der Waals surface area contributed by atoms with E-state index in [1.54, 1.807) is 0 Å². The number of nitrogens with one attached hydrogen (secondary N) is 2. The third kappa shape index (κ3) is 3.90. The number of rotatable bonds is 5. The molecule has 0 saturated heterocycles. The van der Waals surface area contributed by atoms with E-state index in [4.69, 9.17) is 0 Å². The minimum Gasteiger partial charge on any atom is -0.346 e. The maximum absolute atomic E-state index is 12.4. The van der Waals surface area contributed by atoms with Gasteiger partial charge in [-0.25, -0.2) is 4.98 Å². The molecule has 1 atom stereocenters. The van der Waals surface area contributed by atoms with E-state index in [1.165, 1.54) is 5.56 Å². The Morgan fingerprint density at radius 1 is 0.926 bits per heavy atom. The molecule has 0 aliphatic heterocycles. The number of benzene rings is 3. The molecule has 1 aromatic heterocycles. The maximum atomic E-state index is 12.4. The molecule has 134 valence electrons. The average molecular weight is 355 g/mol. The summed E-state index contributed by atoms with van der Waals surface area (Å²) in [4.78, 5) is 20.2. The molecule has 4 aromatic rings. The van der Waals surface area contributed by atoms with Gasteiger partial charge in [0.1, 0.15) is 5.82 Å². The molecule has 0 saturated carbocycles. The quantitative estimate of drug-likeness (QED) is 0.547. The van der Waals surface area contributed by atoms with E-state index in [1.807, 2.05) is 61.5 Å². The number of nitrogens with zero attached hydrogens (tertiary/aromatic N) is 1. The predicted octanol–water partition coefficient (Wildman–Crippen LogP) is 4.65. The largest absolute Gasteiger partial charge is 0.346 e. The van der Waals surface area contributed by atoms with E-state index in [-0.39, 0.29) is 11.9 Å². The Bertz CT molecular complexity index is 1020. The molecular weight excluding hydrogens is 334 g/mol. The average Bonchev–Trinajstić information content (AvgIpc) is 3.14. The summed E-state index contributed by atoms with van der Waals surface area (Å²) in [5.41, 5.74) is 5.20. The minimum atomic E-state index is -0.173. The number of aromatic amines is 1. The van der Waals surface area contributed by atoms with Crippen molar-refractivity contribution in [3.63, 3.8) is 0 Å². The van der Waals surface area contributed by atoms with Crippen LogP contribution in [0, 0.1) is 0 Å². The third-order valence-corrected chi connectivity index (χ3v) is 4.62. The first-order chi connectivity index (χ1) is 13.2. The number of imidazole rings is 1. The van der Waals surface area contributed by atoms with Crippen molar-refractivity contribution in [1.82, 2.24) is 15.3 Å². The molecule has 0 aliphatic rings. The summed E-state index contributed by atoms with van der Waals surface area (Å²) < 4.78 is 0. The fourth-order valence-electron chi connectivity index (χ4n) is 3.17. The van der Waals surface area contributed by atoms with Crippen molar-refractivity contribution >= 4 is 16.9 Å². The highest BCUT2D eigenvalue weighted by Crippen LogP contribution is 2.20. The van der Waals surface area contributed by atoms with Gasteiger partial charge in [-0.15, -0.1) is 0 Å². The van der Waals surface area contributed by atoms with Crippen LogP contribution in [0.25, 0.3) is 22.2 Å². The summed E-state index contributed by atoms with van der Waals surface area (Å²) in [5, 5.41) is 3.02. The number of carbonyl (C=O) groups is 1. The summed E-state index contributed by atoms with van der Waals surface area (Å²) in [7, 11) is 0. The van der Waals surface area contributed by atoms with Crippen molar-refractivity contribution in [3.8, 4) is 11.1 Å². The highest BCUT2D eigenvalue weighted by atomic mass is 16.1. The van der Waals surface area contributed by atoms with Crippen LogP contribution in [0.5, 0.6) is 0 Å². The van der Waals surface area contributed by atoms with Crippen LogP contribution in [0.15, 0.2) is 78.9 Å². The number of aromatic nitrogens is 2. The van der Waals surface area contributed by atoms with Gasteiger partial charge in [0.25, 0.3) is 0 Å². The Morgan fingerprint density at radius 3 is 2.33 bits per heavy atom. The molecular formula is C23H21N3O. The van der Waals surface area contributed by atoms with Crippen molar-refractivity contribution in [2.45, 2.75) is 19.4 Å². The zero-order valence-corrected chi connectivity index (χ0v) is 15.1. The Kier molecular flexibility index (Phi) is 4.71. The first kappa shape index (κ1) is 17.0. The molecule has 4 nitrogen and oxygen atoms in total. The molecule has 2 N–H and O–H groups in total. The monoisotopic (exact) mass is 355 g/mol. The number of para-hydroxylation sites is 2. The van der Waals surface area contributed by atoms with Gasteiger partial charge in [-0.2, -0.15) is 0 Å². The van der Waals surface area contributed by atoms with Crippen LogP contribution in [0.3, 0.4) is 0 Å². The minimum absolute atomic E-state index is 0.0181. The standard InChI is InChI=1S/C23H21N3O/c1-16(23-25-20-9-5-6-10-21(20)26-23)24-22(27)15-17-11-13-19(14-12-17)18-7-3-2-4-8-18/h2-14,16H,15H2,1H3,(H,24,27)(H,25,26)/t16-/m1/s1. The molecule has 0 fully saturated rings. The van der Waals surface area contributed by atoms with E-state index >= 15 is 0 Å². The highest BCUT2D eigenvalue weighted by molar-refractivity contribution is 5.80. The van der Waals surface area contributed by atoms with Gasteiger partial charge in [-0.1, -0.05) is 66.7 Å². The van der Waals surface area contributed by atoms with Gasteiger partial charge in [-0.05, 0) is 35.7 Å². The number of H-pyrrole nitrogens is 1. The van der Waals surface area contributed by atoms with Crippen molar-refractivity contribution in [3.05, 3.63) is 90.3 Å². The summed E-state index contributed by atoms with van der Waals surface area (Å²) in [6.45, 7) is 1.94. The second-order valence-corrected chi connectivity index (χ2v) is 6.67. The fraction of sp³-hybridized carbons (Fsp3) is 0.130. The Balaban J connectivity index is 1.40. The van der Waals surface area contributed by atoms with E-state index < -0.39 is 0 Å². The first-order valence-electron chi connectivity index (χ1n) is 9.07. The molecule has 4 heteroatoms. The van der Waals surface area contributed by atoms with Crippen molar-refractivity contribution in [2.75, 3.05) is 0 Å². The Morgan fingerprint density at radius 2 is 1.59 bits per heavy atom. The van der Waals surface area contributed by atoms with Crippen LogP contribution in [0.4, 0.5) is 0 Å². The number of hydrogen-bond donors (Lipinski definition) is 2. The normalized spacial score (nSPS) is 12.0. The topological polar surface area (TPSA) is 57.8 Å². The van der Waals surface area contributed by atoms with Crippen molar-refractivity contribution in [2.24, 2.45) is 0 Å². The smallest absolute Gasteiger partial charge is 0.224 e. The lowest BCUT2D eigenvalue weighted by atomic mass is 10.0. The summed E-state index contributed by atoms with van der Waals surface area (Å²) in [6.07, 6.45) is 0.347. The van der Waals surface area contributed by atoms with Crippen LogP contribution >= 0.6 is 0 Å². The lowest BCUT2D eigenvalue weighted by Gasteiger charge is -2.11. The molecule has 0 aliphatic carbocycles. The van der Waals surface area contributed by atoms with E-state index in [2.05, 4.69) is 39.6 Å². The molecule has 3 aromatic carbocycles. The van der Waals surface area contributed by atoms with Crippen LogP contribution in [-0.2, 0) is 11.2 Å². The van der Waals surface area contributed by atoms with Gasteiger partial charge in [0.2, 0.25) is 5.91 Å². The molecule has 0 unspecified atom stereocenters. The third-order valence-electron chi connectivity index (χ3n) is 4.62. The number of fused-ring (bicyclic) bond motifs is 1. The molecule has 0 bridgehead atoms. The van der Waals surface area contributed by atoms with Crippen LogP contribution in [0.1, 0.15) is 24.4 Å². The second-order valence-electron chi connectivity index (χ2n) is 6.67. The van der Waals surface area contributed by atoms with Gasteiger partial charge < -0.3 is 10.3 Å². The molecule has 0 radical (unpaired) electrons. The van der Waals surface area contributed by atoms with Crippen LogP contribution in [0.2, 0.25) is 0 Å². The molecule has 4 rings (SSSR count). The number of carbonyl (C=O) groups excluding carboxylic acids is 1.